The first-order chi connectivity index (χ1) is 7.86. The number of nitrogens with one attached hydrogen (secondary N) is 1. The molecular weight excluding hydrogens is 202 g/mol. The Morgan fingerprint density at radius 2 is 1.81 bits per heavy atom. The number of piperidine rings is 1. The maximum Gasteiger partial charge on any atom is 0.127 e. The van der Waals surface area contributed by atoms with Gasteiger partial charge >= 0.3 is 0 Å². The van der Waals surface area contributed by atoms with E-state index in [0.29, 0.717) is 6.04 Å². The lowest BCUT2D eigenvalue weighted by Gasteiger charge is -2.26. The molecule has 1 aliphatic heterocycles. The van der Waals surface area contributed by atoms with Crippen LogP contribution in [0, 0.1) is 0 Å². The van der Waals surface area contributed by atoms with Gasteiger partial charge < -0.3 is 14.8 Å². The fourth-order valence-corrected chi connectivity index (χ4v) is 2.32. The smallest absolute Gasteiger partial charge is 0.127 e. The molecule has 2 rings (SSSR count). The van der Waals surface area contributed by atoms with E-state index >= 15 is 0 Å². The second kappa shape index (κ2) is 5.21. The van der Waals surface area contributed by atoms with Crippen LogP contribution in [0.25, 0.3) is 0 Å². The van der Waals surface area contributed by atoms with Crippen molar-refractivity contribution in [3.05, 3.63) is 23.8 Å². The highest BCUT2D eigenvalue weighted by atomic mass is 16.5. The molecular formula is C13H19NO2. The maximum absolute atomic E-state index is 5.42. The van der Waals surface area contributed by atoms with Crippen molar-refractivity contribution in [1.82, 2.24) is 5.32 Å². The quantitative estimate of drug-likeness (QED) is 0.850. The molecule has 0 bridgehead atoms. The van der Waals surface area contributed by atoms with Gasteiger partial charge in [0.05, 0.1) is 19.8 Å². The summed E-state index contributed by atoms with van der Waals surface area (Å²) in [7, 11) is 3.42. The number of ether oxygens (including phenoxy) is 2. The van der Waals surface area contributed by atoms with E-state index in [1.807, 2.05) is 18.2 Å². The minimum atomic E-state index is 0.361. The number of rotatable bonds is 3. The topological polar surface area (TPSA) is 30.5 Å². The number of hydrogen-bond donors (Lipinski definition) is 1. The summed E-state index contributed by atoms with van der Waals surface area (Å²) < 4.78 is 10.8. The Kier molecular flexibility index (Phi) is 3.67. The minimum Gasteiger partial charge on any atom is -0.496 e. The van der Waals surface area contributed by atoms with Crippen LogP contribution < -0.4 is 14.8 Å². The first-order valence-electron chi connectivity index (χ1n) is 5.81. The predicted octanol–water partition coefficient (Wildman–Crippen LogP) is 2.52. The molecule has 0 aromatic heterocycles. The largest absolute Gasteiger partial charge is 0.496 e. The van der Waals surface area contributed by atoms with E-state index in [2.05, 4.69) is 5.32 Å². The Morgan fingerprint density at radius 3 is 2.31 bits per heavy atom. The Bertz CT molecular complexity index is 324. The molecule has 0 spiro atoms. The number of hydrogen-bond acceptors (Lipinski definition) is 3. The molecule has 3 nitrogen and oxygen atoms in total. The van der Waals surface area contributed by atoms with Crippen LogP contribution in [0.4, 0.5) is 0 Å². The minimum absolute atomic E-state index is 0.361. The van der Waals surface area contributed by atoms with E-state index < -0.39 is 0 Å². The first kappa shape index (κ1) is 11.3. The lowest BCUT2D eigenvalue weighted by molar-refractivity contribution is 0.348. The average Bonchev–Trinajstić information content (AvgIpc) is 2.38. The van der Waals surface area contributed by atoms with Crippen LogP contribution in [-0.2, 0) is 0 Å². The van der Waals surface area contributed by atoms with Gasteiger partial charge in [-0.2, -0.15) is 0 Å². The lowest BCUT2D eigenvalue weighted by Crippen LogP contribution is -2.27. The average molecular weight is 221 g/mol. The van der Waals surface area contributed by atoms with Crippen molar-refractivity contribution in [2.75, 3.05) is 20.8 Å². The lowest BCUT2D eigenvalue weighted by atomic mass is 9.96. The van der Waals surface area contributed by atoms with Gasteiger partial charge in [0.15, 0.2) is 0 Å². The molecule has 1 saturated heterocycles. The highest BCUT2D eigenvalue weighted by Crippen LogP contribution is 2.37. The Hall–Kier alpha value is -1.22. The van der Waals surface area contributed by atoms with Crippen molar-refractivity contribution in [2.45, 2.75) is 25.3 Å². The van der Waals surface area contributed by atoms with Gasteiger partial charge in [-0.3, -0.25) is 0 Å². The fraction of sp³-hybridized carbons (Fsp3) is 0.538. The van der Waals surface area contributed by atoms with Crippen molar-refractivity contribution >= 4 is 0 Å². The molecule has 1 unspecified atom stereocenters. The van der Waals surface area contributed by atoms with Crippen molar-refractivity contribution in [1.29, 1.82) is 0 Å². The van der Waals surface area contributed by atoms with Gasteiger partial charge in [-0.1, -0.05) is 12.5 Å². The third-order valence-electron chi connectivity index (χ3n) is 3.12. The zero-order chi connectivity index (χ0) is 11.4. The Morgan fingerprint density at radius 1 is 1.12 bits per heavy atom. The van der Waals surface area contributed by atoms with Crippen LogP contribution >= 0.6 is 0 Å². The van der Waals surface area contributed by atoms with E-state index in [4.69, 9.17) is 9.47 Å². The zero-order valence-electron chi connectivity index (χ0n) is 9.95. The highest BCUT2D eigenvalue weighted by Gasteiger charge is 2.22. The van der Waals surface area contributed by atoms with Gasteiger partial charge in [0.1, 0.15) is 11.5 Å². The monoisotopic (exact) mass is 221 g/mol. The first-order valence-corrected chi connectivity index (χ1v) is 5.81. The maximum atomic E-state index is 5.42. The molecule has 0 amide bonds. The summed E-state index contributed by atoms with van der Waals surface area (Å²) in [5.41, 5.74) is 1.16. The third kappa shape index (κ3) is 2.14. The molecule has 1 atom stereocenters. The van der Waals surface area contributed by atoms with Crippen LogP contribution in [0.1, 0.15) is 30.9 Å². The molecule has 1 aromatic rings. The van der Waals surface area contributed by atoms with E-state index in [-0.39, 0.29) is 0 Å². The fourth-order valence-electron chi connectivity index (χ4n) is 2.32. The Balaban J connectivity index is 2.34. The van der Waals surface area contributed by atoms with Crippen molar-refractivity contribution < 1.29 is 9.47 Å². The van der Waals surface area contributed by atoms with Gasteiger partial charge in [0, 0.05) is 6.04 Å². The molecule has 1 aliphatic rings. The second-order valence-electron chi connectivity index (χ2n) is 4.08. The summed E-state index contributed by atoms with van der Waals surface area (Å²) in [5, 5.41) is 3.52. The van der Waals surface area contributed by atoms with E-state index in [9.17, 15) is 0 Å². The molecule has 1 heterocycles. The van der Waals surface area contributed by atoms with E-state index in [0.717, 1.165) is 30.0 Å². The molecule has 0 aliphatic carbocycles. The van der Waals surface area contributed by atoms with Crippen molar-refractivity contribution in [2.24, 2.45) is 0 Å². The van der Waals surface area contributed by atoms with Crippen LogP contribution in [-0.4, -0.2) is 20.8 Å². The summed E-state index contributed by atoms with van der Waals surface area (Å²) >= 11 is 0. The van der Waals surface area contributed by atoms with E-state index in [1.165, 1.54) is 12.8 Å². The van der Waals surface area contributed by atoms with Crippen LogP contribution in [0.2, 0.25) is 0 Å². The van der Waals surface area contributed by atoms with Crippen molar-refractivity contribution in [3.63, 3.8) is 0 Å². The molecule has 1 fully saturated rings. The summed E-state index contributed by atoms with van der Waals surface area (Å²) in [5.74, 6) is 1.83. The molecule has 1 aromatic carbocycles. The van der Waals surface area contributed by atoms with Gasteiger partial charge in [-0.25, -0.2) is 0 Å². The van der Waals surface area contributed by atoms with Gasteiger partial charge in [0.25, 0.3) is 0 Å². The molecule has 0 radical (unpaired) electrons. The normalized spacial score (nSPS) is 20.5. The van der Waals surface area contributed by atoms with Gasteiger partial charge in [-0.15, -0.1) is 0 Å². The second-order valence-corrected chi connectivity index (χ2v) is 4.08. The van der Waals surface area contributed by atoms with Gasteiger partial charge in [0.2, 0.25) is 0 Å². The third-order valence-corrected chi connectivity index (χ3v) is 3.12. The predicted molar refractivity (Wildman–Crippen MR) is 64.1 cm³/mol. The summed E-state index contributed by atoms with van der Waals surface area (Å²) in [4.78, 5) is 0. The van der Waals surface area contributed by atoms with Crippen molar-refractivity contribution in [3.8, 4) is 11.5 Å². The SMILES string of the molecule is COc1cccc(OC)c1C1CCCCN1. The number of methoxy groups -OCH3 is 2. The molecule has 1 N–H and O–H groups in total. The highest BCUT2D eigenvalue weighted by molar-refractivity contribution is 5.47. The Labute approximate surface area is 96.8 Å². The summed E-state index contributed by atoms with van der Waals surface area (Å²) in [6.45, 7) is 1.08. The number of benzene rings is 1. The molecule has 16 heavy (non-hydrogen) atoms. The molecule has 3 heteroatoms. The molecule has 88 valence electrons. The van der Waals surface area contributed by atoms with E-state index in [1.54, 1.807) is 14.2 Å². The summed E-state index contributed by atoms with van der Waals surface area (Å²) in [6.07, 6.45) is 3.67. The van der Waals surface area contributed by atoms with Crippen LogP contribution in [0.15, 0.2) is 18.2 Å². The zero-order valence-corrected chi connectivity index (χ0v) is 9.95. The standard InChI is InChI=1S/C13H19NO2/c1-15-11-7-5-8-12(16-2)13(11)10-6-3-4-9-14-10/h5,7-8,10,14H,3-4,6,9H2,1-2H3. The van der Waals surface area contributed by atoms with Crippen LogP contribution in [0.5, 0.6) is 11.5 Å². The summed E-state index contributed by atoms with van der Waals surface area (Å²) in [6, 6.07) is 6.31. The van der Waals surface area contributed by atoms with Gasteiger partial charge in [-0.05, 0) is 31.5 Å². The molecule has 0 saturated carbocycles. The van der Waals surface area contributed by atoms with Crippen LogP contribution in [0.3, 0.4) is 0 Å².